The maximum atomic E-state index is 4.75. The Morgan fingerprint density at radius 1 is 1.00 bits per heavy atom. The Morgan fingerprint density at radius 2 is 1.33 bits per heavy atom. The van der Waals surface area contributed by atoms with E-state index in [1.165, 1.54) is 0 Å². The Kier molecular flexibility index (Phi) is 8.29. The molecule has 0 aliphatic carbocycles. The van der Waals surface area contributed by atoms with Gasteiger partial charge in [-0.3, -0.25) is 10.9 Å². The van der Waals surface area contributed by atoms with Crippen molar-refractivity contribution in [3.05, 3.63) is 0 Å². The molecule has 8 N–H and O–H groups in total. The van der Waals surface area contributed by atoms with Gasteiger partial charge in [0.05, 0.1) is 0 Å². The summed E-state index contributed by atoms with van der Waals surface area (Å²) in [5, 5.41) is 6.68. The molecular weight excluding hydrogens is 176 g/mol. The first-order chi connectivity index (χ1) is 5.81. The highest BCUT2D eigenvalue weighted by atomic mass is 32.1. The second-order valence-electron chi connectivity index (χ2n) is 2.12. The topological polar surface area (TPSA) is 100 Å². The lowest BCUT2D eigenvalue weighted by atomic mass is 10.4. The fourth-order valence-electron chi connectivity index (χ4n) is 0.645. The Hall–Kier alpha value is -0.470. The highest BCUT2D eigenvalue weighted by Gasteiger charge is 1.91. The van der Waals surface area contributed by atoms with Gasteiger partial charge in [0, 0.05) is 26.2 Å². The molecule has 0 spiro atoms. The minimum absolute atomic E-state index is 0.231. The normalized spacial score (nSPS) is 15.5. The van der Waals surface area contributed by atoms with Crippen LogP contribution >= 0.6 is 12.2 Å². The van der Waals surface area contributed by atoms with Crippen LogP contribution in [0.25, 0.3) is 0 Å². The predicted molar refractivity (Wildman–Crippen MR) is 53.0 cm³/mol. The zero-order valence-corrected chi connectivity index (χ0v) is 7.71. The van der Waals surface area contributed by atoms with E-state index in [1.807, 2.05) is 0 Å². The number of hydrogen-bond acceptors (Lipinski definition) is 5. The average Bonchev–Trinajstić information content (AvgIpc) is 2.20. The molecule has 1 fully saturated rings. The van der Waals surface area contributed by atoms with E-state index in [2.05, 4.69) is 33.7 Å². The van der Waals surface area contributed by atoms with E-state index in [4.69, 9.17) is 11.7 Å². The number of hydrogen-bond donors (Lipinski definition) is 6. The van der Waals surface area contributed by atoms with Crippen LogP contribution < -0.4 is 33.2 Å². The third-order valence-corrected chi connectivity index (χ3v) is 1.45. The molecule has 0 aromatic carbocycles. The van der Waals surface area contributed by atoms with E-state index in [0.717, 1.165) is 26.2 Å². The molecule has 0 saturated carbocycles. The molecule has 1 rings (SSSR count). The van der Waals surface area contributed by atoms with Crippen LogP contribution in [0.3, 0.4) is 0 Å². The summed E-state index contributed by atoms with van der Waals surface area (Å²) in [6.45, 7) is 4.56. The molecular formula is C5H16N6S. The molecule has 0 atom stereocenters. The van der Waals surface area contributed by atoms with E-state index in [0.29, 0.717) is 0 Å². The van der Waals surface area contributed by atoms with E-state index in [1.54, 1.807) is 0 Å². The number of hydrazine groups is 2. The maximum Gasteiger partial charge on any atom is 0.194 e. The summed E-state index contributed by atoms with van der Waals surface area (Å²) in [6, 6.07) is 0. The summed E-state index contributed by atoms with van der Waals surface area (Å²) in [7, 11) is 0. The summed E-state index contributed by atoms with van der Waals surface area (Å²) in [5.41, 5.74) is 4.22. The molecule has 0 aromatic heterocycles. The van der Waals surface area contributed by atoms with Crippen LogP contribution in [-0.4, -0.2) is 31.3 Å². The lowest BCUT2D eigenvalue weighted by Gasteiger charge is -2.11. The van der Waals surface area contributed by atoms with Gasteiger partial charge in [-0.25, -0.2) is 11.7 Å². The molecule has 1 aliphatic heterocycles. The van der Waals surface area contributed by atoms with Crippen molar-refractivity contribution in [2.24, 2.45) is 11.7 Å². The van der Waals surface area contributed by atoms with Gasteiger partial charge in [-0.05, 0) is 12.2 Å². The third-order valence-electron chi connectivity index (χ3n) is 1.22. The smallest absolute Gasteiger partial charge is 0.194 e. The molecule has 6 nitrogen and oxygen atoms in total. The first kappa shape index (κ1) is 11.5. The molecule has 1 saturated heterocycles. The second-order valence-corrected chi connectivity index (χ2v) is 2.53. The first-order valence-electron chi connectivity index (χ1n) is 3.70. The van der Waals surface area contributed by atoms with Gasteiger partial charge in [0.15, 0.2) is 5.11 Å². The van der Waals surface area contributed by atoms with Gasteiger partial charge in [-0.1, -0.05) is 0 Å². The second kappa shape index (κ2) is 8.62. The quantitative estimate of drug-likeness (QED) is 0.142. The summed E-state index contributed by atoms with van der Waals surface area (Å²) in [5.74, 6) is 9.50. The summed E-state index contributed by atoms with van der Waals surface area (Å²) < 4.78 is 0. The Balaban J connectivity index is 0.000000202. The van der Waals surface area contributed by atoms with Gasteiger partial charge in [-0.15, -0.1) is 0 Å². The highest BCUT2D eigenvalue weighted by Crippen LogP contribution is 1.65. The zero-order valence-electron chi connectivity index (χ0n) is 6.89. The van der Waals surface area contributed by atoms with Gasteiger partial charge in [-0.2, -0.15) is 0 Å². The number of rotatable bonds is 0. The number of nitrogens with two attached hydrogens (primary N) is 2. The van der Waals surface area contributed by atoms with Crippen molar-refractivity contribution < 1.29 is 0 Å². The fourth-order valence-corrected chi connectivity index (χ4v) is 0.645. The van der Waals surface area contributed by atoms with Crippen LogP contribution in [0, 0.1) is 0 Å². The van der Waals surface area contributed by atoms with E-state index in [-0.39, 0.29) is 5.11 Å². The minimum Gasteiger partial charge on any atom is -0.314 e. The Morgan fingerprint density at radius 3 is 1.42 bits per heavy atom. The highest BCUT2D eigenvalue weighted by molar-refractivity contribution is 7.80. The third kappa shape index (κ3) is 7.63. The van der Waals surface area contributed by atoms with Crippen molar-refractivity contribution in [2.45, 2.75) is 0 Å². The van der Waals surface area contributed by atoms with E-state index < -0.39 is 0 Å². The number of nitrogens with one attached hydrogen (secondary N) is 4. The van der Waals surface area contributed by atoms with Gasteiger partial charge < -0.3 is 10.6 Å². The maximum absolute atomic E-state index is 4.75. The molecule has 0 unspecified atom stereocenters. The molecule has 1 aliphatic rings. The Bertz CT molecular complexity index is 97.0. The number of piperazine rings is 1. The van der Waals surface area contributed by atoms with Crippen LogP contribution in [0.1, 0.15) is 0 Å². The van der Waals surface area contributed by atoms with E-state index >= 15 is 0 Å². The molecule has 12 heavy (non-hydrogen) atoms. The SMILES string of the molecule is C1CNCCN1.NNC(=S)NN. The minimum atomic E-state index is 0.231. The molecule has 0 bridgehead atoms. The van der Waals surface area contributed by atoms with Gasteiger partial charge in [0.1, 0.15) is 0 Å². The molecule has 0 amide bonds. The summed E-state index contributed by atoms with van der Waals surface area (Å²) in [4.78, 5) is 0. The summed E-state index contributed by atoms with van der Waals surface area (Å²) >= 11 is 4.38. The fraction of sp³-hybridized carbons (Fsp3) is 0.800. The van der Waals surface area contributed by atoms with Crippen LogP contribution in [-0.2, 0) is 0 Å². The molecule has 0 aromatic rings. The molecule has 1 heterocycles. The van der Waals surface area contributed by atoms with Gasteiger partial charge >= 0.3 is 0 Å². The molecule has 7 heteroatoms. The van der Waals surface area contributed by atoms with Crippen molar-refractivity contribution in [2.75, 3.05) is 26.2 Å². The monoisotopic (exact) mass is 192 g/mol. The van der Waals surface area contributed by atoms with Crippen molar-refractivity contribution in [1.82, 2.24) is 21.5 Å². The summed E-state index contributed by atoms with van der Waals surface area (Å²) in [6.07, 6.45) is 0. The Labute approximate surface area is 77.4 Å². The predicted octanol–water partition coefficient (Wildman–Crippen LogP) is -2.62. The van der Waals surface area contributed by atoms with Gasteiger partial charge in [0.2, 0.25) is 0 Å². The van der Waals surface area contributed by atoms with E-state index in [9.17, 15) is 0 Å². The number of thiocarbonyl (C=S) groups is 1. The van der Waals surface area contributed by atoms with Gasteiger partial charge in [0.25, 0.3) is 0 Å². The van der Waals surface area contributed by atoms with Crippen LogP contribution in [0.5, 0.6) is 0 Å². The van der Waals surface area contributed by atoms with Crippen molar-refractivity contribution in [1.29, 1.82) is 0 Å². The van der Waals surface area contributed by atoms with Crippen LogP contribution in [0.15, 0.2) is 0 Å². The largest absolute Gasteiger partial charge is 0.314 e. The molecule has 0 radical (unpaired) electrons. The standard InChI is InChI=1S/C4H10N2.CH6N4S/c1-2-6-4-3-5-1;2-4-1(6)5-3/h5-6H,1-4H2;2-3H2,(H2,4,5,6). The van der Waals surface area contributed by atoms with Crippen molar-refractivity contribution >= 4 is 17.3 Å². The van der Waals surface area contributed by atoms with Crippen LogP contribution in [0.4, 0.5) is 0 Å². The molecule has 72 valence electrons. The lowest BCUT2D eigenvalue weighted by Crippen LogP contribution is -2.43. The van der Waals surface area contributed by atoms with Crippen molar-refractivity contribution in [3.63, 3.8) is 0 Å². The van der Waals surface area contributed by atoms with Crippen molar-refractivity contribution in [3.8, 4) is 0 Å². The zero-order chi connectivity index (χ0) is 9.23. The first-order valence-corrected chi connectivity index (χ1v) is 4.10. The lowest BCUT2D eigenvalue weighted by molar-refractivity contribution is 0.534. The van der Waals surface area contributed by atoms with Crippen LogP contribution in [0.2, 0.25) is 0 Å². The average molecular weight is 192 g/mol.